The summed E-state index contributed by atoms with van der Waals surface area (Å²) in [6, 6.07) is 10.4. The number of ketones is 1. The number of aromatic nitrogens is 2. The Balaban J connectivity index is 1.54. The standard InChI is InChI=1S/C23H23ClN4O2/c24-17-5-6-18-16(13-17)14-19(27-18)22(30)23(25)10-2-1-3-20(23)28-21(29)7-4-15-8-11-26-12-9-15/h4-9,11-14,20,27H,1-3,10,25H2,(H,28,29). The number of halogens is 1. The maximum atomic E-state index is 13.4. The first-order valence-electron chi connectivity index (χ1n) is 9.96. The normalized spacial score (nSPS) is 21.7. The molecule has 1 saturated carbocycles. The van der Waals surface area contributed by atoms with Gasteiger partial charge in [0, 0.05) is 34.4 Å². The fourth-order valence-corrected chi connectivity index (χ4v) is 4.19. The van der Waals surface area contributed by atoms with Crippen LogP contribution in [0.15, 0.2) is 54.9 Å². The second-order valence-electron chi connectivity index (χ2n) is 7.70. The SMILES string of the molecule is NC1(C(=O)c2cc3cc(Cl)ccc3[nH]2)CCCCC1NC(=O)C=Cc1ccncc1. The third kappa shape index (κ3) is 4.15. The molecule has 7 heteroatoms. The van der Waals surface area contributed by atoms with Crippen molar-refractivity contribution in [1.82, 2.24) is 15.3 Å². The molecule has 4 rings (SSSR count). The molecule has 0 spiro atoms. The van der Waals surface area contributed by atoms with Gasteiger partial charge in [-0.1, -0.05) is 24.4 Å². The maximum Gasteiger partial charge on any atom is 0.244 e. The van der Waals surface area contributed by atoms with Gasteiger partial charge in [-0.15, -0.1) is 0 Å². The summed E-state index contributed by atoms with van der Waals surface area (Å²) in [7, 11) is 0. The van der Waals surface area contributed by atoms with Gasteiger partial charge in [0.15, 0.2) is 0 Å². The Morgan fingerprint density at radius 2 is 2.00 bits per heavy atom. The molecule has 1 amide bonds. The van der Waals surface area contributed by atoms with E-state index >= 15 is 0 Å². The molecule has 2 unspecified atom stereocenters. The second kappa shape index (κ2) is 8.42. The number of nitrogens with one attached hydrogen (secondary N) is 2. The fourth-order valence-electron chi connectivity index (χ4n) is 4.01. The number of H-pyrrole nitrogens is 1. The summed E-state index contributed by atoms with van der Waals surface area (Å²) in [6.45, 7) is 0. The lowest BCUT2D eigenvalue weighted by Crippen LogP contribution is -2.64. The number of aromatic amines is 1. The van der Waals surface area contributed by atoms with Gasteiger partial charge in [0.25, 0.3) is 0 Å². The lowest BCUT2D eigenvalue weighted by atomic mass is 9.74. The Bertz CT molecular complexity index is 1110. The van der Waals surface area contributed by atoms with E-state index in [0.29, 0.717) is 23.6 Å². The predicted molar refractivity (Wildman–Crippen MR) is 118 cm³/mol. The molecule has 2 aromatic heterocycles. The first kappa shape index (κ1) is 20.3. The van der Waals surface area contributed by atoms with Crippen molar-refractivity contribution in [3.63, 3.8) is 0 Å². The highest BCUT2D eigenvalue weighted by Crippen LogP contribution is 2.31. The molecule has 2 atom stereocenters. The Morgan fingerprint density at radius 1 is 1.20 bits per heavy atom. The van der Waals surface area contributed by atoms with Crippen molar-refractivity contribution < 1.29 is 9.59 Å². The number of pyridine rings is 1. The summed E-state index contributed by atoms with van der Waals surface area (Å²) >= 11 is 6.06. The van der Waals surface area contributed by atoms with E-state index in [1.165, 1.54) is 6.08 Å². The third-order valence-electron chi connectivity index (χ3n) is 5.65. The number of benzene rings is 1. The number of hydrogen-bond acceptors (Lipinski definition) is 4. The lowest BCUT2D eigenvalue weighted by molar-refractivity contribution is -0.117. The van der Waals surface area contributed by atoms with Gasteiger partial charge in [-0.2, -0.15) is 0 Å². The van der Waals surface area contributed by atoms with Crippen molar-refractivity contribution in [2.45, 2.75) is 37.3 Å². The fraction of sp³-hybridized carbons (Fsp3) is 0.261. The Hall–Kier alpha value is -2.96. The van der Waals surface area contributed by atoms with E-state index in [9.17, 15) is 9.59 Å². The first-order chi connectivity index (χ1) is 14.5. The van der Waals surface area contributed by atoms with Crippen molar-refractivity contribution >= 4 is 40.3 Å². The molecule has 30 heavy (non-hydrogen) atoms. The van der Waals surface area contributed by atoms with Gasteiger partial charge in [-0.05, 0) is 60.9 Å². The first-order valence-corrected chi connectivity index (χ1v) is 10.3. The summed E-state index contributed by atoms with van der Waals surface area (Å²) in [5.41, 5.74) is 7.61. The Labute approximate surface area is 179 Å². The zero-order valence-corrected chi connectivity index (χ0v) is 17.2. The van der Waals surface area contributed by atoms with Gasteiger partial charge in [-0.3, -0.25) is 14.6 Å². The van der Waals surface area contributed by atoms with Crippen molar-refractivity contribution in [3.05, 3.63) is 71.1 Å². The van der Waals surface area contributed by atoms with E-state index < -0.39 is 11.6 Å². The maximum absolute atomic E-state index is 13.4. The van der Waals surface area contributed by atoms with Crippen LogP contribution in [0.1, 0.15) is 41.7 Å². The van der Waals surface area contributed by atoms with Crippen molar-refractivity contribution in [3.8, 4) is 0 Å². The van der Waals surface area contributed by atoms with Crippen LogP contribution in [0, 0.1) is 0 Å². The molecule has 0 aliphatic heterocycles. The molecule has 0 radical (unpaired) electrons. The number of hydrogen-bond donors (Lipinski definition) is 3. The Morgan fingerprint density at radius 3 is 2.80 bits per heavy atom. The number of carbonyl (C=O) groups excluding carboxylic acids is 2. The van der Waals surface area contributed by atoms with Crippen LogP contribution in [0.4, 0.5) is 0 Å². The predicted octanol–water partition coefficient (Wildman–Crippen LogP) is 3.87. The van der Waals surface area contributed by atoms with Crippen LogP contribution in [-0.2, 0) is 4.79 Å². The van der Waals surface area contributed by atoms with Gasteiger partial charge >= 0.3 is 0 Å². The molecule has 1 fully saturated rings. The summed E-state index contributed by atoms with van der Waals surface area (Å²) in [5, 5.41) is 4.41. The highest BCUT2D eigenvalue weighted by molar-refractivity contribution is 6.31. The molecule has 0 saturated heterocycles. The molecule has 3 aromatic rings. The Kier molecular flexibility index (Phi) is 5.70. The van der Waals surface area contributed by atoms with Gasteiger partial charge in [0.2, 0.25) is 11.7 Å². The topological polar surface area (TPSA) is 101 Å². The highest BCUT2D eigenvalue weighted by Gasteiger charge is 2.45. The van der Waals surface area contributed by atoms with E-state index in [1.807, 2.05) is 18.2 Å². The van der Waals surface area contributed by atoms with Crippen LogP contribution in [0.3, 0.4) is 0 Å². The molecule has 1 aliphatic rings. The van der Waals surface area contributed by atoms with Crippen molar-refractivity contribution in [2.24, 2.45) is 5.73 Å². The number of Topliss-reactive ketones (excluding diaryl/α,β-unsaturated/α-hetero) is 1. The molecule has 1 aliphatic carbocycles. The van der Waals surface area contributed by atoms with E-state index in [0.717, 1.165) is 29.3 Å². The second-order valence-corrected chi connectivity index (χ2v) is 8.14. The minimum absolute atomic E-state index is 0.196. The monoisotopic (exact) mass is 422 g/mol. The van der Waals surface area contributed by atoms with Gasteiger partial charge in [0.1, 0.15) is 5.54 Å². The van der Waals surface area contributed by atoms with Crippen LogP contribution >= 0.6 is 11.6 Å². The summed E-state index contributed by atoms with van der Waals surface area (Å²) < 4.78 is 0. The number of nitrogens with two attached hydrogens (primary N) is 1. The van der Waals surface area contributed by atoms with E-state index in [1.54, 1.807) is 36.7 Å². The van der Waals surface area contributed by atoms with E-state index in [4.69, 9.17) is 17.3 Å². The molecule has 1 aromatic carbocycles. The largest absolute Gasteiger partial charge is 0.352 e. The zero-order valence-electron chi connectivity index (χ0n) is 16.4. The summed E-state index contributed by atoms with van der Waals surface area (Å²) in [6.07, 6.45) is 9.41. The minimum Gasteiger partial charge on any atom is -0.352 e. The number of nitrogens with zero attached hydrogens (tertiary/aromatic N) is 1. The number of rotatable bonds is 5. The molecule has 2 heterocycles. The van der Waals surface area contributed by atoms with Crippen molar-refractivity contribution in [2.75, 3.05) is 0 Å². The average molecular weight is 423 g/mol. The quantitative estimate of drug-likeness (QED) is 0.429. The van der Waals surface area contributed by atoms with Crippen molar-refractivity contribution in [1.29, 1.82) is 0 Å². The molecular weight excluding hydrogens is 400 g/mol. The van der Waals surface area contributed by atoms with Crippen LogP contribution in [0.2, 0.25) is 5.02 Å². The van der Waals surface area contributed by atoms with E-state index in [2.05, 4.69) is 15.3 Å². The smallest absolute Gasteiger partial charge is 0.244 e. The third-order valence-corrected chi connectivity index (χ3v) is 5.89. The minimum atomic E-state index is -1.16. The van der Waals surface area contributed by atoms with Gasteiger partial charge in [0.05, 0.1) is 11.7 Å². The van der Waals surface area contributed by atoms with Gasteiger partial charge in [-0.25, -0.2) is 0 Å². The number of amides is 1. The zero-order chi connectivity index (χ0) is 21.1. The summed E-state index contributed by atoms with van der Waals surface area (Å²) in [5.74, 6) is -0.470. The molecule has 6 nitrogen and oxygen atoms in total. The van der Waals surface area contributed by atoms with Gasteiger partial charge < -0.3 is 16.0 Å². The van der Waals surface area contributed by atoms with E-state index in [-0.39, 0.29) is 11.7 Å². The summed E-state index contributed by atoms with van der Waals surface area (Å²) in [4.78, 5) is 33.0. The molecular formula is C23H23ClN4O2. The van der Waals surface area contributed by atoms with Crippen LogP contribution in [0.25, 0.3) is 17.0 Å². The molecule has 154 valence electrons. The van der Waals surface area contributed by atoms with Crippen LogP contribution in [0.5, 0.6) is 0 Å². The number of fused-ring (bicyclic) bond motifs is 1. The molecule has 0 bridgehead atoms. The average Bonchev–Trinajstić information content (AvgIpc) is 3.17. The van der Waals surface area contributed by atoms with Crippen LogP contribution < -0.4 is 11.1 Å². The molecule has 4 N–H and O–H groups in total. The number of carbonyl (C=O) groups is 2. The highest BCUT2D eigenvalue weighted by atomic mass is 35.5. The van der Waals surface area contributed by atoms with Crippen LogP contribution in [-0.4, -0.2) is 33.2 Å². The lowest BCUT2D eigenvalue weighted by Gasteiger charge is -2.39.